The number of fused-ring (bicyclic) bond motifs is 3. The van der Waals surface area contributed by atoms with E-state index in [0.29, 0.717) is 13.1 Å². The van der Waals surface area contributed by atoms with Gasteiger partial charge in [0.15, 0.2) is 0 Å². The molecule has 5 nitrogen and oxygen atoms in total. The molecule has 78 valence electrons. The molecule has 1 N–H and O–H groups in total. The molecule has 0 saturated carbocycles. The summed E-state index contributed by atoms with van der Waals surface area (Å²) in [5, 5.41) is 8.91. The Morgan fingerprint density at radius 1 is 1.14 bits per heavy atom. The van der Waals surface area contributed by atoms with Crippen molar-refractivity contribution in [2.45, 2.75) is 31.8 Å². The highest BCUT2D eigenvalue weighted by molar-refractivity contribution is 5.74. The quantitative estimate of drug-likeness (QED) is 0.611. The van der Waals surface area contributed by atoms with E-state index < -0.39 is 6.09 Å². The minimum atomic E-state index is -0.858. The monoisotopic (exact) mass is 198 g/mol. The summed E-state index contributed by atoms with van der Waals surface area (Å²) in [7, 11) is 0. The van der Waals surface area contributed by atoms with Crippen molar-refractivity contribution in [2.24, 2.45) is 0 Å². The van der Waals surface area contributed by atoms with Gasteiger partial charge in [-0.05, 0) is 12.8 Å². The maximum absolute atomic E-state index is 11.2. The van der Waals surface area contributed by atoms with Crippen LogP contribution in [0.2, 0.25) is 0 Å². The summed E-state index contributed by atoms with van der Waals surface area (Å²) in [6.45, 7) is 2.61. The Bertz CT molecular complexity index is 251. The third kappa shape index (κ3) is 1.32. The Morgan fingerprint density at radius 3 is 2.00 bits per heavy atom. The molecule has 0 spiro atoms. The van der Waals surface area contributed by atoms with Gasteiger partial charge < -0.3 is 14.9 Å². The zero-order chi connectivity index (χ0) is 10.3. The molecule has 3 fully saturated rings. The van der Waals surface area contributed by atoms with Gasteiger partial charge in [0.25, 0.3) is 0 Å². The number of piperidine rings is 2. The average Bonchev–Trinajstić information content (AvgIpc) is 2.18. The molecule has 3 saturated heterocycles. The van der Waals surface area contributed by atoms with Crippen molar-refractivity contribution in [1.29, 1.82) is 0 Å². The second kappa shape index (κ2) is 3.15. The van der Waals surface area contributed by atoms with Crippen molar-refractivity contribution in [1.82, 2.24) is 9.80 Å². The van der Waals surface area contributed by atoms with E-state index in [1.165, 1.54) is 4.90 Å². The Balaban J connectivity index is 2.12. The summed E-state index contributed by atoms with van der Waals surface area (Å²) < 4.78 is 0. The first kappa shape index (κ1) is 9.30. The molecule has 3 aliphatic rings. The zero-order valence-electron chi connectivity index (χ0n) is 8.14. The van der Waals surface area contributed by atoms with E-state index in [1.807, 2.05) is 0 Å². The van der Waals surface area contributed by atoms with Crippen LogP contribution < -0.4 is 0 Å². The van der Waals surface area contributed by atoms with Crippen LogP contribution in [0.25, 0.3) is 0 Å². The van der Waals surface area contributed by atoms with Crippen LogP contribution >= 0.6 is 0 Å². The fourth-order valence-corrected chi connectivity index (χ4v) is 2.45. The number of carbonyl (C=O) groups excluding carboxylic acids is 1. The van der Waals surface area contributed by atoms with Crippen molar-refractivity contribution in [3.8, 4) is 0 Å². The molecule has 3 rings (SSSR count). The Labute approximate surface area is 82.3 Å². The standard InChI is InChI=1S/C9H14N2O3/c1-6(12)10-4-8-3-2-7(10)5-11(8)9(13)14/h7-8H,2-5H2,1H3,(H,13,14)/t7-,8-/m0/s1. The topological polar surface area (TPSA) is 60.9 Å². The third-order valence-corrected chi connectivity index (χ3v) is 3.18. The predicted octanol–water partition coefficient (Wildman–Crippen LogP) is 0.359. The Morgan fingerprint density at radius 2 is 1.64 bits per heavy atom. The lowest BCUT2D eigenvalue weighted by atomic mass is 9.91. The number of amides is 2. The normalized spacial score (nSPS) is 30.6. The van der Waals surface area contributed by atoms with Crippen LogP contribution in [-0.2, 0) is 4.79 Å². The third-order valence-electron chi connectivity index (χ3n) is 3.18. The van der Waals surface area contributed by atoms with Crippen molar-refractivity contribution < 1.29 is 14.7 Å². The number of hydrogen-bond donors (Lipinski definition) is 1. The minimum absolute atomic E-state index is 0.0152. The highest BCUT2D eigenvalue weighted by Gasteiger charge is 2.41. The van der Waals surface area contributed by atoms with Gasteiger partial charge in [-0.3, -0.25) is 4.79 Å². The van der Waals surface area contributed by atoms with Gasteiger partial charge in [0.1, 0.15) is 0 Å². The molecule has 3 aliphatic heterocycles. The molecule has 0 aromatic carbocycles. The van der Waals surface area contributed by atoms with Crippen LogP contribution in [0.5, 0.6) is 0 Å². The lowest BCUT2D eigenvalue weighted by Gasteiger charge is -2.50. The first-order valence-electron chi connectivity index (χ1n) is 4.86. The van der Waals surface area contributed by atoms with Gasteiger partial charge in [0.2, 0.25) is 5.91 Å². The summed E-state index contributed by atoms with van der Waals surface area (Å²) in [5.74, 6) is 0.0599. The van der Waals surface area contributed by atoms with Gasteiger partial charge >= 0.3 is 6.09 Å². The maximum Gasteiger partial charge on any atom is 0.407 e. The molecule has 0 aromatic rings. The minimum Gasteiger partial charge on any atom is -0.465 e. The first-order valence-corrected chi connectivity index (χ1v) is 4.86. The summed E-state index contributed by atoms with van der Waals surface area (Å²) in [6, 6.07) is 0.120. The van der Waals surface area contributed by atoms with Crippen LogP contribution in [0, 0.1) is 0 Å². The van der Waals surface area contributed by atoms with E-state index in [0.717, 1.165) is 12.8 Å². The number of piperazine rings is 1. The van der Waals surface area contributed by atoms with E-state index in [2.05, 4.69) is 0 Å². The molecule has 0 unspecified atom stereocenters. The number of rotatable bonds is 0. The second-order valence-corrected chi connectivity index (χ2v) is 3.99. The highest BCUT2D eigenvalue weighted by Crippen LogP contribution is 2.28. The number of carboxylic acid groups (broad SMARTS) is 1. The summed E-state index contributed by atoms with van der Waals surface area (Å²) in [5.41, 5.74) is 0. The van der Waals surface area contributed by atoms with Crippen LogP contribution in [0.15, 0.2) is 0 Å². The van der Waals surface area contributed by atoms with E-state index in [1.54, 1.807) is 11.8 Å². The molecule has 2 amide bonds. The molecule has 2 atom stereocenters. The van der Waals surface area contributed by atoms with Crippen LogP contribution in [0.4, 0.5) is 4.79 Å². The Hall–Kier alpha value is -1.26. The van der Waals surface area contributed by atoms with E-state index in [-0.39, 0.29) is 18.0 Å². The fourth-order valence-electron chi connectivity index (χ4n) is 2.45. The van der Waals surface area contributed by atoms with Gasteiger partial charge in [0, 0.05) is 26.1 Å². The zero-order valence-corrected chi connectivity index (χ0v) is 8.14. The van der Waals surface area contributed by atoms with Crippen molar-refractivity contribution in [3.05, 3.63) is 0 Å². The maximum atomic E-state index is 11.2. The lowest BCUT2D eigenvalue weighted by Crippen LogP contribution is -2.64. The molecule has 2 bridgehead atoms. The molecule has 14 heavy (non-hydrogen) atoms. The molecule has 0 aliphatic carbocycles. The van der Waals surface area contributed by atoms with E-state index in [9.17, 15) is 9.59 Å². The smallest absolute Gasteiger partial charge is 0.407 e. The highest BCUT2D eigenvalue weighted by atomic mass is 16.4. The number of hydrogen-bond acceptors (Lipinski definition) is 2. The summed E-state index contributed by atoms with van der Waals surface area (Å²) in [4.78, 5) is 25.3. The molecular formula is C9H14N2O3. The van der Waals surface area contributed by atoms with Crippen molar-refractivity contribution in [3.63, 3.8) is 0 Å². The SMILES string of the molecule is CC(=O)N1C[C@@H]2CC[C@H]1CN2C(=O)O. The summed E-state index contributed by atoms with van der Waals surface area (Å²) in [6.07, 6.45) is 0.970. The van der Waals surface area contributed by atoms with E-state index in [4.69, 9.17) is 5.11 Å². The number of carbonyl (C=O) groups is 2. The Kier molecular flexibility index (Phi) is 2.09. The van der Waals surface area contributed by atoms with Gasteiger partial charge in [-0.15, -0.1) is 0 Å². The summed E-state index contributed by atoms with van der Waals surface area (Å²) >= 11 is 0. The first-order chi connectivity index (χ1) is 6.59. The van der Waals surface area contributed by atoms with Gasteiger partial charge in [-0.2, -0.15) is 0 Å². The van der Waals surface area contributed by atoms with Gasteiger partial charge in [-0.1, -0.05) is 0 Å². The van der Waals surface area contributed by atoms with Crippen LogP contribution in [0.1, 0.15) is 19.8 Å². The molecule has 0 aromatic heterocycles. The van der Waals surface area contributed by atoms with E-state index >= 15 is 0 Å². The van der Waals surface area contributed by atoms with Gasteiger partial charge in [-0.25, -0.2) is 4.79 Å². The fraction of sp³-hybridized carbons (Fsp3) is 0.778. The number of nitrogens with zero attached hydrogens (tertiary/aromatic N) is 2. The molecule has 0 radical (unpaired) electrons. The van der Waals surface area contributed by atoms with Gasteiger partial charge in [0.05, 0.1) is 6.04 Å². The largest absolute Gasteiger partial charge is 0.465 e. The average molecular weight is 198 g/mol. The lowest BCUT2D eigenvalue weighted by molar-refractivity contribution is -0.138. The van der Waals surface area contributed by atoms with Crippen LogP contribution in [0.3, 0.4) is 0 Å². The van der Waals surface area contributed by atoms with Crippen molar-refractivity contribution in [2.75, 3.05) is 13.1 Å². The predicted molar refractivity (Wildman–Crippen MR) is 48.9 cm³/mol. The molecule has 5 heteroatoms. The second-order valence-electron chi connectivity index (χ2n) is 3.99. The molecular weight excluding hydrogens is 184 g/mol. The van der Waals surface area contributed by atoms with Crippen molar-refractivity contribution >= 4 is 12.0 Å². The molecule has 3 heterocycles. The van der Waals surface area contributed by atoms with Crippen LogP contribution in [-0.4, -0.2) is 52.1 Å².